The minimum absolute atomic E-state index is 0.0346. The third-order valence-electron chi connectivity index (χ3n) is 4.75. The maximum atomic E-state index is 12.7. The van der Waals surface area contributed by atoms with Gasteiger partial charge in [-0.15, -0.1) is 0 Å². The second kappa shape index (κ2) is 7.58. The lowest BCUT2D eigenvalue weighted by molar-refractivity contribution is 0.109. The zero-order valence-electron chi connectivity index (χ0n) is 13.8. The molecule has 2 amide bonds. The van der Waals surface area contributed by atoms with Crippen molar-refractivity contribution >= 4 is 6.03 Å². The van der Waals surface area contributed by atoms with Gasteiger partial charge in [-0.1, -0.05) is 25.8 Å². The average Bonchev–Trinajstić information content (AvgIpc) is 3.02. The van der Waals surface area contributed by atoms with Gasteiger partial charge < -0.3 is 15.0 Å². The first-order valence-corrected chi connectivity index (χ1v) is 8.07. The maximum Gasteiger partial charge on any atom is 0.318 e. The third kappa shape index (κ3) is 3.77. The van der Waals surface area contributed by atoms with Crippen molar-refractivity contribution in [2.75, 3.05) is 20.8 Å². The molecule has 0 spiro atoms. The first kappa shape index (κ1) is 16.7. The van der Waals surface area contributed by atoms with Crippen LogP contribution in [0.25, 0.3) is 0 Å². The van der Waals surface area contributed by atoms with E-state index in [9.17, 15) is 4.79 Å². The predicted molar refractivity (Wildman–Crippen MR) is 86.6 cm³/mol. The molecular weight excluding hydrogens is 278 g/mol. The summed E-state index contributed by atoms with van der Waals surface area (Å²) in [4.78, 5) is 18.8. The number of methoxy groups -OCH3 is 1. The molecule has 1 aromatic rings. The Bertz CT molecular complexity index is 472. The van der Waals surface area contributed by atoms with E-state index in [0.717, 1.165) is 25.0 Å². The Kier molecular flexibility index (Phi) is 5.77. The molecule has 122 valence electrons. The highest BCUT2D eigenvalue weighted by molar-refractivity contribution is 5.75. The summed E-state index contributed by atoms with van der Waals surface area (Å²) in [7, 11) is 3.46. The van der Waals surface area contributed by atoms with Crippen LogP contribution in [0.1, 0.15) is 50.8 Å². The maximum absolute atomic E-state index is 12.7. The number of rotatable bonds is 6. The number of urea groups is 1. The van der Waals surface area contributed by atoms with Gasteiger partial charge in [0.1, 0.15) is 0 Å². The summed E-state index contributed by atoms with van der Waals surface area (Å²) in [6.45, 7) is 2.58. The number of carbonyl (C=O) groups is 1. The van der Waals surface area contributed by atoms with Gasteiger partial charge >= 0.3 is 6.03 Å². The summed E-state index contributed by atoms with van der Waals surface area (Å²) in [5.74, 6) is 0. The van der Waals surface area contributed by atoms with E-state index in [4.69, 9.17) is 4.74 Å². The highest BCUT2D eigenvalue weighted by atomic mass is 16.5. The number of hydrogen-bond acceptors (Lipinski definition) is 3. The van der Waals surface area contributed by atoms with Crippen LogP contribution in [0.3, 0.4) is 0 Å². The summed E-state index contributed by atoms with van der Waals surface area (Å²) in [5.41, 5.74) is 0.812. The van der Waals surface area contributed by atoms with Gasteiger partial charge in [-0.05, 0) is 31.4 Å². The van der Waals surface area contributed by atoms with Crippen molar-refractivity contribution in [3.8, 4) is 0 Å². The van der Waals surface area contributed by atoms with E-state index in [2.05, 4.69) is 17.2 Å². The molecule has 1 N–H and O–H groups in total. The number of ether oxygens (including phenoxy) is 1. The lowest BCUT2D eigenvalue weighted by Crippen LogP contribution is -2.51. The Morgan fingerprint density at radius 3 is 2.73 bits per heavy atom. The standard InChI is InChI=1S/C17H27N3O2/c1-4-17(10-6-7-11-17)19-16(21)20(2)15(13-22-3)14-9-5-8-12-18-14/h5,8-9,12,15H,4,6-7,10-11,13H2,1-3H3,(H,19,21). The molecule has 0 aromatic carbocycles. The van der Waals surface area contributed by atoms with Crippen LogP contribution < -0.4 is 5.32 Å². The molecule has 1 aliphatic carbocycles. The average molecular weight is 305 g/mol. The highest BCUT2D eigenvalue weighted by Gasteiger charge is 2.35. The van der Waals surface area contributed by atoms with E-state index in [0.29, 0.717) is 6.61 Å². The van der Waals surface area contributed by atoms with Crippen LogP contribution in [0.2, 0.25) is 0 Å². The normalized spacial score (nSPS) is 18.0. The van der Waals surface area contributed by atoms with Gasteiger partial charge in [0.05, 0.1) is 18.3 Å². The topological polar surface area (TPSA) is 54.5 Å². The quantitative estimate of drug-likeness (QED) is 0.878. The monoisotopic (exact) mass is 305 g/mol. The number of hydrogen-bond donors (Lipinski definition) is 1. The summed E-state index contributed by atoms with van der Waals surface area (Å²) in [6, 6.07) is 5.51. The molecule has 5 nitrogen and oxygen atoms in total. The number of pyridine rings is 1. The van der Waals surface area contributed by atoms with Crippen molar-refractivity contribution in [1.29, 1.82) is 0 Å². The molecular formula is C17H27N3O2. The minimum atomic E-state index is -0.179. The number of nitrogens with zero attached hydrogens (tertiary/aromatic N) is 2. The van der Waals surface area contributed by atoms with Gasteiger partial charge in [0, 0.05) is 25.9 Å². The Morgan fingerprint density at radius 2 is 2.18 bits per heavy atom. The first-order chi connectivity index (χ1) is 10.6. The molecule has 0 radical (unpaired) electrons. The fourth-order valence-electron chi connectivity index (χ4n) is 3.20. The Hall–Kier alpha value is -1.62. The Morgan fingerprint density at radius 1 is 1.45 bits per heavy atom. The van der Waals surface area contributed by atoms with Crippen molar-refractivity contribution < 1.29 is 9.53 Å². The lowest BCUT2D eigenvalue weighted by atomic mass is 9.94. The molecule has 1 aromatic heterocycles. The molecule has 1 unspecified atom stereocenters. The Labute approximate surface area is 133 Å². The molecule has 5 heteroatoms. The van der Waals surface area contributed by atoms with Crippen LogP contribution in [0.15, 0.2) is 24.4 Å². The highest BCUT2D eigenvalue weighted by Crippen LogP contribution is 2.32. The molecule has 0 aliphatic heterocycles. The zero-order valence-corrected chi connectivity index (χ0v) is 13.8. The molecule has 2 rings (SSSR count). The van der Waals surface area contributed by atoms with Crippen molar-refractivity contribution in [2.24, 2.45) is 0 Å². The zero-order chi connectivity index (χ0) is 16.0. The Balaban J connectivity index is 2.09. The van der Waals surface area contributed by atoms with Crippen molar-refractivity contribution in [3.05, 3.63) is 30.1 Å². The summed E-state index contributed by atoms with van der Waals surface area (Å²) in [5, 5.41) is 3.25. The number of nitrogens with one attached hydrogen (secondary N) is 1. The summed E-state index contributed by atoms with van der Waals surface area (Å²) >= 11 is 0. The second-order valence-corrected chi connectivity index (χ2v) is 6.11. The van der Waals surface area contributed by atoms with Crippen LogP contribution in [0, 0.1) is 0 Å². The molecule has 1 saturated carbocycles. The van der Waals surface area contributed by atoms with E-state index in [1.807, 2.05) is 25.2 Å². The van der Waals surface area contributed by atoms with Crippen molar-refractivity contribution in [1.82, 2.24) is 15.2 Å². The van der Waals surface area contributed by atoms with E-state index in [1.54, 1.807) is 18.2 Å². The third-order valence-corrected chi connectivity index (χ3v) is 4.75. The van der Waals surface area contributed by atoms with E-state index in [-0.39, 0.29) is 17.6 Å². The fraction of sp³-hybridized carbons (Fsp3) is 0.647. The molecule has 0 saturated heterocycles. The first-order valence-electron chi connectivity index (χ1n) is 8.07. The number of likely N-dealkylation sites (N-methyl/N-ethyl adjacent to an activating group) is 1. The molecule has 1 aliphatic rings. The van der Waals surface area contributed by atoms with Crippen LogP contribution >= 0.6 is 0 Å². The van der Waals surface area contributed by atoms with E-state index in [1.165, 1.54) is 12.8 Å². The summed E-state index contributed by atoms with van der Waals surface area (Å²) < 4.78 is 5.29. The van der Waals surface area contributed by atoms with Crippen molar-refractivity contribution in [3.63, 3.8) is 0 Å². The van der Waals surface area contributed by atoms with Crippen LogP contribution in [-0.4, -0.2) is 42.2 Å². The SMILES string of the molecule is CCC1(NC(=O)N(C)C(COC)c2ccccn2)CCCC1. The van der Waals surface area contributed by atoms with Gasteiger partial charge in [-0.2, -0.15) is 0 Å². The van der Waals surface area contributed by atoms with Gasteiger partial charge in [-0.25, -0.2) is 4.79 Å². The van der Waals surface area contributed by atoms with Crippen LogP contribution in [0.4, 0.5) is 4.79 Å². The number of amides is 2. The largest absolute Gasteiger partial charge is 0.382 e. The molecule has 1 atom stereocenters. The van der Waals surface area contributed by atoms with E-state index >= 15 is 0 Å². The molecule has 1 heterocycles. The summed E-state index contributed by atoms with van der Waals surface area (Å²) in [6.07, 6.45) is 7.25. The molecule has 0 bridgehead atoms. The lowest BCUT2D eigenvalue weighted by Gasteiger charge is -2.34. The van der Waals surface area contributed by atoms with Crippen LogP contribution in [-0.2, 0) is 4.74 Å². The van der Waals surface area contributed by atoms with Crippen LogP contribution in [0.5, 0.6) is 0 Å². The van der Waals surface area contributed by atoms with Crippen molar-refractivity contribution in [2.45, 2.75) is 50.6 Å². The molecule has 22 heavy (non-hydrogen) atoms. The van der Waals surface area contributed by atoms with Gasteiger partial charge in [-0.3, -0.25) is 4.98 Å². The van der Waals surface area contributed by atoms with E-state index < -0.39 is 0 Å². The smallest absolute Gasteiger partial charge is 0.318 e. The minimum Gasteiger partial charge on any atom is -0.382 e. The number of aromatic nitrogens is 1. The van der Waals surface area contributed by atoms with Gasteiger partial charge in [0.25, 0.3) is 0 Å². The second-order valence-electron chi connectivity index (χ2n) is 6.11. The molecule has 1 fully saturated rings. The van der Waals surface area contributed by atoms with Gasteiger partial charge in [0.15, 0.2) is 0 Å². The fourth-order valence-corrected chi connectivity index (χ4v) is 3.20. The number of carbonyl (C=O) groups excluding carboxylic acids is 1. The van der Waals surface area contributed by atoms with Gasteiger partial charge in [0.2, 0.25) is 0 Å². The predicted octanol–water partition coefficient (Wildman–Crippen LogP) is 3.13.